The van der Waals surface area contributed by atoms with Crippen molar-refractivity contribution in [3.63, 3.8) is 0 Å². The number of halogens is 1. The van der Waals surface area contributed by atoms with E-state index in [1.807, 2.05) is 48.0 Å². The van der Waals surface area contributed by atoms with Crippen LogP contribution in [0.4, 0.5) is 0 Å². The van der Waals surface area contributed by atoms with Gasteiger partial charge in [0.25, 0.3) is 0 Å². The first-order chi connectivity index (χ1) is 12.5. The number of carbonyl (C=O) groups excluding carboxylic acids is 1. The van der Waals surface area contributed by atoms with Gasteiger partial charge in [0, 0.05) is 29.5 Å². The Hall–Kier alpha value is -2.31. The number of hydrogen-bond acceptors (Lipinski definition) is 5. The maximum absolute atomic E-state index is 11.6. The van der Waals surface area contributed by atoms with Gasteiger partial charge in [0.1, 0.15) is 5.75 Å². The quantitative estimate of drug-likeness (QED) is 0.455. The molecule has 1 heterocycles. The van der Waals surface area contributed by atoms with Gasteiger partial charge in [-0.3, -0.25) is 4.79 Å². The van der Waals surface area contributed by atoms with Crippen LogP contribution in [0.5, 0.6) is 5.75 Å². The molecule has 0 spiro atoms. The van der Waals surface area contributed by atoms with Gasteiger partial charge in [-0.05, 0) is 37.3 Å². The SMILES string of the molecule is COc1ccc(C(C)=O)cc1CSc1nnc(-c2ccccc2Cl)n1C. The van der Waals surface area contributed by atoms with Gasteiger partial charge in [-0.25, -0.2) is 0 Å². The van der Waals surface area contributed by atoms with E-state index in [-0.39, 0.29) is 5.78 Å². The third-order valence-electron chi connectivity index (χ3n) is 3.99. The summed E-state index contributed by atoms with van der Waals surface area (Å²) in [5, 5.41) is 9.93. The number of aromatic nitrogens is 3. The molecule has 0 fully saturated rings. The van der Waals surface area contributed by atoms with Crippen LogP contribution in [-0.2, 0) is 12.8 Å². The van der Waals surface area contributed by atoms with E-state index in [1.165, 1.54) is 11.8 Å². The number of hydrogen-bond donors (Lipinski definition) is 0. The maximum Gasteiger partial charge on any atom is 0.191 e. The van der Waals surface area contributed by atoms with Crippen LogP contribution in [0.1, 0.15) is 22.8 Å². The van der Waals surface area contributed by atoms with Crippen molar-refractivity contribution in [2.75, 3.05) is 7.11 Å². The predicted octanol–water partition coefficient (Wildman–Crippen LogP) is 4.64. The first-order valence-electron chi connectivity index (χ1n) is 7.96. The van der Waals surface area contributed by atoms with Gasteiger partial charge in [0.15, 0.2) is 16.8 Å². The lowest BCUT2D eigenvalue weighted by atomic mass is 10.1. The highest BCUT2D eigenvalue weighted by atomic mass is 35.5. The van der Waals surface area contributed by atoms with Crippen molar-refractivity contribution in [2.45, 2.75) is 17.8 Å². The predicted molar refractivity (Wildman–Crippen MR) is 104 cm³/mol. The van der Waals surface area contributed by atoms with E-state index >= 15 is 0 Å². The second kappa shape index (κ2) is 7.93. The molecular formula is C19H18ClN3O2S. The fourth-order valence-corrected chi connectivity index (χ4v) is 3.68. The standard InChI is InChI=1S/C19H18ClN3O2S/c1-12(24)13-8-9-17(25-3)14(10-13)11-26-19-22-21-18(23(19)2)15-6-4-5-7-16(15)20/h4-10H,11H2,1-3H3. The lowest BCUT2D eigenvalue weighted by Crippen LogP contribution is -1.98. The van der Waals surface area contributed by atoms with Crippen LogP contribution in [-0.4, -0.2) is 27.7 Å². The first kappa shape index (κ1) is 18.5. The Morgan fingerprint density at radius 3 is 2.69 bits per heavy atom. The second-order valence-corrected chi connectivity index (χ2v) is 7.07. The molecule has 0 saturated heterocycles. The molecule has 0 bridgehead atoms. The fourth-order valence-electron chi connectivity index (χ4n) is 2.57. The normalized spacial score (nSPS) is 10.8. The highest BCUT2D eigenvalue weighted by Gasteiger charge is 2.15. The van der Waals surface area contributed by atoms with Crippen molar-refractivity contribution in [3.05, 3.63) is 58.6 Å². The molecule has 0 aliphatic heterocycles. The zero-order valence-electron chi connectivity index (χ0n) is 14.7. The summed E-state index contributed by atoms with van der Waals surface area (Å²) in [6.45, 7) is 1.55. The van der Waals surface area contributed by atoms with Crippen LogP contribution in [0.2, 0.25) is 5.02 Å². The zero-order chi connectivity index (χ0) is 18.7. The van der Waals surface area contributed by atoms with E-state index in [0.29, 0.717) is 22.2 Å². The lowest BCUT2D eigenvalue weighted by molar-refractivity contribution is 0.101. The number of Topliss-reactive ketones (excluding diaryl/α,β-unsaturated/α-hetero) is 1. The Morgan fingerprint density at radius 2 is 2.00 bits per heavy atom. The number of methoxy groups -OCH3 is 1. The van der Waals surface area contributed by atoms with E-state index < -0.39 is 0 Å². The largest absolute Gasteiger partial charge is 0.496 e. The summed E-state index contributed by atoms with van der Waals surface area (Å²) >= 11 is 7.79. The number of nitrogens with zero attached hydrogens (tertiary/aromatic N) is 3. The molecular weight excluding hydrogens is 370 g/mol. The number of rotatable bonds is 6. The van der Waals surface area contributed by atoms with Crippen molar-refractivity contribution in [1.29, 1.82) is 0 Å². The Kier molecular flexibility index (Phi) is 5.64. The van der Waals surface area contributed by atoms with Crippen molar-refractivity contribution in [2.24, 2.45) is 7.05 Å². The number of thioether (sulfide) groups is 1. The summed E-state index contributed by atoms with van der Waals surface area (Å²) in [5.41, 5.74) is 2.44. The number of benzene rings is 2. The Morgan fingerprint density at radius 1 is 1.23 bits per heavy atom. The van der Waals surface area contributed by atoms with E-state index in [9.17, 15) is 4.79 Å². The van der Waals surface area contributed by atoms with Crippen molar-refractivity contribution >= 4 is 29.1 Å². The minimum Gasteiger partial charge on any atom is -0.496 e. The second-order valence-electron chi connectivity index (χ2n) is 5.72. The summed E-state index contributed by atoms with van der Waals surface area (Å²) in [4.78, 5) is 11.6. The van der Waals surface area contributed by atoms with Crippen LogP contribution in [0.3, 0.4) is 0 Å². The van der Waals surface area contributed by atoms with Gasteiger partial charge < -0.3 is 9.30 Å². The molecule has 0 radical (unpaired) electrons. The molecule has 5 nitrogen and oxygen atoms in total. The monoisotopic (exact) mass is 387 g/mol. The molecule has 0 aliphatic carbocycles. The van der Waals surface area contributed by atoms with Gasteiger partial charge in [-0.2, -0.15) is 0 Å². The average Bonchev–Trinajstić information content (AvgIpc) is 3.00. The lowest BCUT2D eigenvalue weighted by Gasteiger charge is -2.10. The Labute approximate surface area is 161 Å². The third-order valence-corrected chi connectivity index (χ3v) is 5.39. The number of carbonyl (C=O) groups is 1. The molecule has 7 heteroatoms. The first-order valence-corrected chi connectivity index (χ1v) is 9.32. The molecule has 1 aromatic heterocycles. The molecule has 3 rings (SSSR count). The molecule has 134 valence electrons. The molecule has 0 N–H and O–H groups in total. The summed E-state index contributed by atoms with van der Waals surface area (Å²) in [5.74, 6) is 2.09. The highest BCUT2D eigenvalue weighted by molar-refractivity contribution is 7.98. The molecule has 0 unspecified atom stereocenters. The maximum atomic E-state index is 11.6. The van der Waals surface area contributed by atoms with Crippen LogP contribution >= 0.6 is 23.4 Å². The summed E-state index contributed by atoms with van der Waals surface area (Å²) in [6.07, 6.45) is 0. The molecule has 3 aromatic rings. The molecule has 0 saturated carbocycles. The van der Waals surface area contributed by atoms with Crippen LogP contribution in [0.25, 0.3) is 11.4 Å². The molecule has 26 heavy (non-hydrogen) atoms. The van der Waals surface area contributed by atoms with Gasteiger partial charge in [-0.15, -0.1) is 10.2 Å². The van der Waals surface area contributed by atoms with Crippen LogP contribution in [0.15, 0.2) is 47.6 Å². The fraction of sp³-hybridized carbons (Fsp3) is 0.211. The summed E-state index contributed by atoms with van der Waals surface area (Å²) < 4.78 is 7.31. The van der Waals surface area contributed by atoms with Gasteiger partial charge in [0.05, 0.1) is 12.1 Å². The van der Waals surface area contributed by atoms with Gasteiger partial charge >= 0.3 is 0 Å². The average molecular weight is 388 g/mol. The number of ether oxygens (including phenoxy) is 1. The van der Waals surface area contributed by atoms with Crippen LogP contribution < -0.4 is 4.74 Å². The molecule has 0 aliphatic rings. The molecule has 2 aromatic carbocycles. The Bertz CT molecular complexity index is 956. The summed E-state index contributed by atoms with van der Waals surface area (Å²) in [7, 11) is 3.53. The topological polar surface area (TPSA) is 57.0 Å². The van der Waals surface area contributed by atoms with E-state index in [0.717, 1.165) is 22.0 Å². The summed E-state index contributed by atoms with van der Waals surface area (Å²) in [6, 6.07) is 13.0. The van der Waals surface area contributed by atoms with Crippen molar-refractivity contribution in [1.82, 2.24) is 14.8 Å². The molecule has 0 atom stereocenters. The molecule has 0 amide bonds. The highest BCUT2D eigenvalue weighted by Crippen LogP contribution is 2.31. The minimum absolute atomic E-state index is 0.0265. The van der Waals surface area contributed by atoms with E-state index in [2.05, 4.69) is 10.2 Å². The van der Waals surface area contributed by atoms with Gasteiger partial charge in [0.2, 0.25) is 0 Å². The minimum atomic E-state index is 0.0265. The zero-order valence-corrected chi connectivity index (χ0v) is 16.3. The van der Waals surface area contributed by atoms with Crippen LogP contribution in [0, 0.1) is 0 Å². The Balaban J connectivity index is 1.84. The van der Waals surface area contributed by atoms with Crippen molar-refractivity contribution in [3.8, 4) is 17.1 Å². The smallest absolute Gasteiger partial charge is 0.191 e. The number of ketones is 1. The van der Waals surface area contributed by atoms with Crippen molar-refractivity contribution < 1.29 is 9.53 Å². The van der Waals surface area contributed by atoms with Gasteiger partial charge in [-0.1, -0.05) is 35.5 Å². The van der Waals surface area contributed by atoms with E-state index in [1.54, 1.807) is 20.1 Å². The third kappa shape index (κ3) is 3.76. The van der Waals surface area contributed by atoms with E-state index in [4.69, 9.17) is 16.3 Å².